The number of hydrogen-bond acceptors (Lipinski definition) is 4. The minimum atomic E-state index is -0.917. The Kier molecular flexibility index (Phi) is 4.07. The Bertz CT molecular complexity index is 225. The van der Waals surface area contributed by atoms with Crippen molar-refractivity contribution in [2.75, 3.05) is 33.4 Å². The third-order valence-electron chi connectivity index (χ3n) is 2.65. The smallest absolute Gasteiger partial charge is 0.329 e. The Hall–Kier alpha value is -0.650. The second-order valence-electron chi connectivity index (χ2n) is 4.34. The summed E-state index contributed by atoms with van der Waals surface area (Å²) in [6.45, 7) is 6.03. The molecule has 0 aromatic rings. The number of rotatable bonds is 6. The van der Waals surface area contributed by atoms with E-state index in [1.165, 1.54) is 0 Å². The molecule has 0 saturated carbocycles. The first-order valence-corrected chi connectivity index (χ1v) is 5.05. The predicted molar refractivity (Wildman–Crippen MR) is 54.9 cm³/mol. The van der Waals surface area contributed by atoms with Crippen LogP contribution in [0.4, 0.5) is 0 Å². The van der Waals surface area contributed by atoms with E-state index in [0.717, 1.165) is 13.1 Å². The Morgan fingerprint density at radius 1 is 1.60 bits per heavy atom. The van der Waals surface area contributed by atoms with Gasteiger partial charge in [-0.3, -0.25) is 4.90 Å². The van der Waals surface area contributed by atoms with Crippen molar-refractivity contribution in [3.05, 3.63) is 0 Å². The maximum absolute atomic E-state index is 10.3. The number of hydrogen-bond donors (Lipinski definition) is 1. The normalized spacial score (nSPS) is 22.1. The van der Waals surface area contributed by atoms with Crippen molar-refractivity contribution in [2.45, 2.75) is 25.5 Å². The summed E-state index contributed by atoms with van der Waals surface area (Å²) in [7, 11) is 1.68. The zero-order valence-corrected chi connectivity index (χ0v) is 9.52. The molecule has 1 saturated heterocycles. The summed E-state index contributed by atoms with van der Waals surface area (Å²) in [5.41, 5.74) is -0.305. The van der Waals surface area contributed by atoms with Crippen LogP contribution >= 0.6 is 0 Å². The summed E-state index contributed by atoms with van der Waals surface area (Å²) in [6.07, 6.45) is 0. The predicted octanol–water partition coefficient (Wildman–Crippen LogP) is 0.197. The quantitative estimate of drug-likeness (QED) is 0.688. The van der Waals surface area contributed by atoms with Crippen molar-refractivity contribution in [3.8, 4) is 0 Å². The first-order valence-electron chi connectivity index (χ1n) is 5.05. The molecule has 1 unspecified atom stereocenters. The monoisotopic (exact) mass is 217 g/mol. The second kappa shape index (κ2) is 4.92. The van der Waals surface area contributed by atoms with Crippen LogP contribution in [0.25, 0.3) is 0 Å². The maximum atomic E-state index is 10.3. The highest BCUT2D eigenvalue weighted by Crippen LogP contribution is 2.26. The van der Waals surface area contributed by atoms with Crippen molar-refractivity contribution < 1.29 is 19.4 Å². The van der Waals surface area contributed by atoms with Gasteiger partial charge in [-0.15, -0.1) is 0 Å². The largest absolute Gasteiger partial charge is 0.480 e. The number of nitrogens with zero attached hydrogens (tertiary/aromatic N) is 1. The molecule has 0 amide bonds. The van der Waals surface area contributed by atoms with Gasteiger partial charge in [0.2, 0.25) is 0 Å². The number of ether oxygens (including phenoxy) is 2. The van der Waals surface area contributed by atoms with Crippen LogP contribution in [0.5, 0.6) is 0 Å². The fourth-order valence-electron chi connectivity index (χ4n) is 1.80. The summed E-state index contributed by atoms with van der Waals surface area (Å²) in [6, 6.07) is 0.358. The molecule has 0 bridgehead atoms. The fraction of sp³-hybridized carbons (Fsp3) is 0.900. The highest BCUT2D eigenvalue weighted by Gasteiger charge is 2.41. The number of carboxylic acid groups (broad SMARTS) is 1. The Labute approximate surface area is 90.0 Å². The number of aliphatic carboxylic acids is 1. The first-order chi connectivity index (χ1) is 6.97. The molecule has 1 N–H and O–H groups in total. The third-order valence-corrected chi connectivity index (χ3v) is 2.65. The van der Waals surface area contributed by atoms with Crippen LogP contribution in [0.2, 0.25) is 0 Å². The molecule has 1 heterocycles. The first kappa shape index (κ1) is 12.4. The van der Waals surface area contributed by atoms with Gasteiger partial charge in [0.15, 0.2) is 0 Å². The van der Waals surface area contributed by atoms with E-state index in [2.05, 4.69) is 11.8 Å². The average Bonchev–Trinajstić information content (AvgIpc) is 2.10. The van der Waals surface area contributed by atoms with Gasteiger partial charge >= 0.3 is 5.97 Å². The van der Waals surface area contributed by atoms with Gasteiger partial charge in [0.25, 0.3) is 0 Å². The molecular formula is C10H19NO4. The van der Waals surface area contributed by atoms with Crippen molar-refractivity contribution in [3.63, 3.8) is 0 Å². The molecule has 1 rings (SSSR count). The standard InChI is InChI=1S/C10H19NO4/c1-8(4-14-3)11-6-10(2,7-11)15-5-9(12)13/h8H,4-7H2,1-3H3,(H,12,13). The minimum Gasteiger partial charge on any atom is -0.480 e. The second-order valence-corrected chi connectivity index (χ2v) is 4.34. The molecular weight excluding hydrogens is 198 g/mol. The van der Waals surface area contributed by atoms with Crippen LogP contribution in [-0.2, 0) is 14.3 Å². The van der Waals surface area contributed by atoms with E-state index in [-0.39, 0.29) is 12.2 Å². The van der Waals surface area contributed by atoms with Crippen LogP contribution < -0.4 is 0 Å². The van der Waals surface area contributed by atoms with Gasteiger partial charge in [0.1, 0.15) is 6.61 Å². The highest BCUT2D eigenvalue weighted by atomic mass is 16.5. The number of methoxy groups -OCH3 is 1. The van der Waals surface area contributed by atoms with Gasteiger partial charge in [-0.25, -0.2) is 4.79 Å². The van der Waals surface area contributed by atoms with Gasteiger partial charge < -0.3 is 14.6 Å². The number of likely N-dealkylation sites (tertiary alicyclic amines) is 1. The Balaban J connectivity index is 2.25. The average molecular weight is 217 g/mol. The summed E-state index contributed by atoms with van der Waals surface area (Å²) < 4.78 is 10.4. The molecule has 1 fully saturated rings. The molecule has 5 nitrogen and oxygen atoms in total. The zero-order chi connectivity index (χ0) is 11.5. The summed E-state index contributed by atoms with van der Waals surface area (Å²) in [4.78, 5) is 12.6. The summed E-state index contributed by atoms with van der Waals surface area (Å²) in [5.74, 6) is -0.917. The van der Waals surface area contributed by atoms with Gasteiger partial charge in [-0.2, -0.15) is 0 Å². The van der Waals surface area contributed by atoms with Crippen LogP contribution in [0, 0.1) is 0 Å². The molecule has 1 aliphatic heterocycles. The van der Waals surface area contributed by atoms with Crippen LogP contribution in [0.3, 0.4) is 0 Å². The molecule has 1 atom stereocenters. The molecule has 0 radical (unpaired) electrons. The van der Waals surface area contributed by atoms with Crippen LogP contribution in [0.15, 0.2) is 0 Å². The molecule has 0 aliphatic carbocycles. The van der Waals surface area contributed by atoms with E-state index in [1.807, 2.05) is 6.92 Å². The SMILES string of the molecule is COCC(C)N1CC(C)(OCC(=O)O)C1. The lowest BCUT2D eigenvalue weighted by Crippen LogP contribution is -2.64. The number of carbonyl (C=O) groups is 1. The molecule has 0 spiro atoms. The van der Waals surface area contributed by atoms with E-state index in [9.17, 15) is 4.79 Å². The van der Waals surface area contributed by atoms with Crippen molar-refractivity contribution in [2.24, 2.45) is 0 Å². The minimum absolute atomic E-state index is 0.219. The van der Waals surface area contributed by atoms with Gasteiger partial charge in [-0.1, -0.05) is 0 Å². The van der Waals surface area contributed by atoms with Gasteiger partial charge in [0.05, 0.1) is 12.2 Å². The van der Waals surface area contributed by atoms with E-state index >= 15 is 0 Å². The lowest BCUT2D eigenvalue weighted by molar-refractivity contribution is -0.170. The molecule has 1 aliphatic rings. The van der Waals surface area contributed by atoms with Crippen molar-refractivity contribution in [1.29, 1.82) is 0 Å². The Morgan fingerprint density at radius 3 is 2.67 bits per heavy atom. The summed E-state index contributed by atoms with van der Waals surface area (Å²) in [5, 5.41) is 8.50. The van der Waals surface area contributed by atoms with Crippen LogP contribution in [0.1, 0.15) is 13.8 Å². The maximum Gasteiger partial charge on any atom is 0.329 e. The van der Waals surface area contributed by atoms with E-state index in [1.54, 1.807) is 7.11 Å². The van der Waals surface area contributed by atoms with E-state index in [0.29, 0.717) is 12.6 Å². The molecule has 15 heavy (non-hydrogen) atoms. The lowest BCUT2D eigenvalue weighted by atomic mass is 9.94. The topological polar surface area (TPSA) is 59.0 Å². The van der Waals surface area contributed by atoms with E-state index < -0.39 is 5.97 Å². The van der Waals surface area contributed by atoms with Gasteiger partial charge in [0, 0.05) is 26.2 Å². The third kappa shape index (κ3) is 3.44. The number of carboxylic acids is 1. The van der Waals surface area contributed by atoms with E-state index in [4.69, 9.17) is 14.6 Å². The fourth-order valence-corrected chi connectivity index (χ4v) is 1.80. The Morgan fingerprint density at radius 2 is 2.20 bits per heavy atom. The molecule has 88 valence electrons. The van der Waals surface area contributed by atoms with Gasteiger partial charge in [-0.05, 0) is 13.8 Å². The van der Waals surface area contributed by atoms with Crippen LogP contribution in [-0.4, -0.2) is 61.0 Å². The lowest BCUT2D eigenvalue weighted by Gasteiger charge is -2.49. The molecule has 5 heteroatoms. The summed E-state index contributed by atoms with van der Waals surface area (Å²) >= 11 is 0. The van der Waals surface area contributed by atoms with Crippen molar-refractivity contribution in [1.82, 2.24) is 4.90 Å². The molecule has 0 aromatic carbocycles. The molecule has 0 aromatic heterocycles. The highest BCUT2D eigenvalue weighted by molar-refractivity contribution is 5.68. The van der Waals surface area contributed by atoms with Crippen molar-refractivity contribution >= 4 is 5.97 Å². The zero-order valence-electron chi connectivity index (χ0n) is 9.52.